The van der Waals surface area contributed by atoms with Crippen molar-refractivity contribution >= 4 is 28.6 Å². The summed E-state index contributed by atoms with van der Waals surface area (Å²) >= 11 is 1.88. The van der Waals surface area contributed by atoms with E-state index in [4.69, 9.17) is 5.11 Å². The fourth-order valence-electron chi connectivity index (χ4n) is 1.66. The van der Waals surface area contributed by atoms with E-state index in [0.29, 0.717) is 3.57 Å². The number of carboxylic acid groups (broad SMARTS) is 1. The van der Waals surface area contributed by atoms with Crippen LogP contribution in [0.5, 0.6) is 5.75 Å². The number of aromatic nitrogens is 1. The molecular weight excluding hydrogens is 390 g/mol. The summed E-state index contributed by atoms with van der Waals surface area (Å²) < 4.78 is 42.7. The third kappa shape index (κ3) is 3.24. The zero-order chi connectivity index (χ0) is 14.9. The minimum absolute atomic E-state index is 0.00476. The molecule has 1 aromatic carbocycles. The summed E-state index contributed by atoms with van der Waals surface area (Å²) in [5, 5.41) is 9.08. The maximum Gasteiger partial charge on any atom is 0.573 e. The second-order valence-electron chi connectivity index (χ2n) is 3.73. The number of aromatic carboxylic acids is 1. The highest BCUT2D eigenvalue weighted by Gasteiger charge is 2.32. The molecule has 8 heteroatoms. The molecule has 20 heavy (non-hydrogen) atoms. The van der Waals surface area contributed by atoms with Gasteiger partial charge in [0.05, 0.1) is 5.69 Å². The Hall–Kier alpha value is -1.71. The van der Waals surface area contributed by atoms with Crippen LogP contribution in [0, 0.1) is 3.57 Å². The first-order valence-electron chi connectivity index (χ1n) is 5.24. The predicted octanol–water partition coefficient (Wildman–Crippen LogP) is 3.68. The Bertz CT molecular complexity index is 652. The molecule has 2 rings (SSSR count). The van der Waals surface area contributed by atoms with Crippen LogP contribution in [-0.2, 0) is 0 Å². The summed E-state index contributed by atoms with van der Waals surface area (Å²) in [6.45, 7) is 0. The highest BCUT2D eigenvalue weighted by molar-refractivity contribution is 14.1. The smallest absolute Gasteiger partial charge is 0.477 e. The van der Waals surface area contributed by atoms with Crippen LogP contribution in [-0.4, -0.2) is 22.0 Å². The minimum atomic E-state index is -4.85. The summed E-state index contributed by atoms with van der Waals surface area (Å²) in [5.74, 6) is -1.70. The van der Waals surface area contributed by atoms with Crippen LogP contribution in [0.2, 0.25) is 0 Å². The molecule has 0 atom stereocenters. The van der Waals surface area contributed by atoms with Gasteiger partial charge >= 0.3 is 12.3 Å². The molecule has 0 bridgehead atoms. The van der Waals surface area contributed by atoms with Gasteiger partial charge in [-0.3, -0.25) is 0 Å². The van der Waals surface area contributed by atoms with Gasteiger partial charge in [-0.25, -0.2) is 4.79 Å². The van der Waals surface area contributed by atoms with E-state index in [1.807, 2.05) is 22.6 Å². The Morgan fingerprint density at radius 1 is 1.30 bits per heavy atom. The Morgan fingerprint density at radius 2 is 1.95 bits per heavy atom. The number of para-hydroxylation sites is 2. The Labute approximate surface area is 124 Å². The van der Waals surface area contributed by atoms with Crippen molar-refractivity contribution in [2.75, 3.05) is 0 Å². The number of nitrogens with zero attached hydrogens (tertiary/aromatic N) is 1. The molecule has 106 valence electrons. The lowest BCUT2D eigenvalue weighted by Gasteiger charge is -2.14. The largest absolute Gasteiger partial charge is 0.573 e. The number of halogens is 4. The van der Waals surface area contributed by atoms with Gasteiger partial charge in [0, 0.05) is 9.77 Å². The van der Waals surface area contributed by atoms with Crippen molar-refractivity contribution in [1.82, 2.24) is 4.57 Å². The zero-order valence-electron chi connectivity index (χ0n) is 9.69. The molecule has 4 nitrogen and oxygen atoms in total. The maximum atomic E-state index is 12.4. The molecule has 0 spiro atoms. The summed E-state index contributed by atoms with van der Waals surface area (Å²) in [4.78, 5) is 11.1. The van der Waals surface area contributed by atoms with E-state index < -0.39 is 18.1 Å². The average molecular weight is 397 g/mol. The van der Waals surface area contributed by atoms with Crippen molar-refractivity contribution in [3.63, 3.8) is 0 Å². The lowest BCUT2D eigenvalue weighted by Crippen LogP contribution is -2.18. The van der Waals surface area contributed by atoms with Crippen molar-refractivity contribution in [3.05, 3.63) is 45.8 Å². The fraction of sp³-hybridized carbons (Fsp3) is 0.0833. The molecule has 0 amide bonds. The van der Waals surface area contributed by atoms with Crippen LogP contribution in [0.4, 0.5) is 13.2 Å². The number of rotatable bonds is 3. The second kappa shape index (κ2) is 5.35. The van der Waals surface area contributed by atoms with Crippen LogP contribution in [0.1, 0.15) is 10.5 Å². The lowest BCUT2D eigenvalue weighted by molar-refractivity contribution is -0.274. The van der Waals surface area contributed by atoms with E-state index in [-0.39, 0.29) is 11.4 Å². The molecule has 1 aromatic heterocycles. The van der Waals surface area contributed by atoms with Crippen LogP contribution in [0.3, 0.4) is 0 Å². The number of benzene rings is 1. The van der Waals surface area contributed by atoms with Crippen LogP contribution < -0.4 is 4.74 Å². The van der Waals surface area contributed by atoms with Gasteiger partial charge in [0.25, 0.3) is 0 Å². The van der Waals surface area contributed by atoms with E-state index in [2.05, 4.69) is 4.74 Å². The van der Waals surface area contributed by atoms with Gasteiger partial charge in [0.1, 0.15) is 5.69 Å². The number of alkyl halides is 3. The van der Waals surface area contributed by atoms with Crippen LogP contribution >= 0.6 is 22.6 Å². The highest BCUT2D eigenvalue weighted by atomic mass is 127. The summed E-state index contributed by atoms with van der Waals surface area (Å²) in [6.07, 6.45) is -3.43. The Kier molecular flexibility index (Phi) is 3.93. The normalized spacial score (nSPS) is 11.4. The van der Waals surface area contributed by atoms with Gasteiger partial charge < -0.3 is 14.4 Å². The first kappa shape index (κ1) is 14.7. The van der Waals surface area contributed by atoms with E-state index in [9.17, 15) is 18.0 Å². The van der Waals surface area contributed by atoms with Crippen molar-refractivity contribution in [1.29, 1.82) is 0 Å². The average Bonchev–Trinajstić information content (AvgIpc) is 2.70. The van der Waals surface area contributed by atoms with Gasteiger partial charge in [-0.15, -0.1) is 13.2 Å². The number of carboxylic acids is 1. The molecule has 0 radical (unpaired) electrons. The Morgan fingerprint density at radius 3 is 2.55 bits per heavy atom. The fourth-order valence-corrected chi connectivity index (χ4v) is 2.24. The molecule has 0 aliphatic rings. The van der Waals surface area contributed by atoms with E-state index in [1.165, 1.54) is 30.5 Å². The van der Waals surface area contributed by atoms with Crippen molar-refractivity contribution < 1.29 is 27.8 Å². The van der Waals surface area contributed by atoms with Crippen LogP contribution in [0.25, 0.3) is 5.69 Å². The first-order chi connectivity index (χ1) is 9.28. The summed E-state index contributed by atoms with van der Waals surface area (Å²) in [5.41, 5.74) is -0.141. The molecule has 2 aromatic rings. The molecule has 0 fully saturated rings. The second-order valence-corrected chi connectivity index (χ2v) is 4.98. The molecule has 0 saturated heterocycles. The van der Waals surface area contributed by atoms with Gasteiger partial charge in [-0.2, -0.15) is 0 Å². The van der Waals surface area contributed by atoms with Crippen molar-refractivity contribution in [2.24, 2.45) is 0 Å². The number of hydrogen-bond donors (Lipinski definition) is 1. The predicted molar refractivity (Wildman–Crippen MR) is 72.1 cm³/mol. The Balaban J connectivity index is 2.56. The van der Waals surface area contributed by atoms with Gasteiger partial charge in [0.15, 0.2) is 5.75 Å². The number of ether oxygens (including phenoxy) is 1. The van der Waals surface area contributed by atoms with Crippen molar-refractivity contribution in [2.45, 2.75) is 6.36 Å². The SMILES string of the molecule is O=C(O)c1cc(I)cn1-c1ccccc1OC(F)(F)F. The zero-order valence-corrected chi connectivity index (χ0v) is 11.8. The van der Waals surface area contributed by atoms with Crippen LogP contribution in [0.15, 0.2) is 36.5 Å². The third-order valence-corrected chi connectivity index (χ3v) is 2.95. The van der Waals surface area contributed by atoms with Gasteiger partial charge in [-0.05, 0) is 40.8 Å². The molecule has 0 aliphatic carbocycles. The van der Waals surface area contributed by atoms with Gasteiger partial charge in [-0.1, -0.05) is 12.1 Å². The molecule has 0 unspecified atom stereocenters. The van der Waals surface area contributed by atoms with Crippen molar-refractivity contribution in [3.8, 4) is 11.4 Å². The summed E-state index contributed by atoms with van der Waals surface area (Å²) in [6, 6.07) is 6.70. The molecule has 0 saturated carbocycles. The van der Waals surface area contributed by atoms with Gasteiger partial charge in [0.2, 0.25) is 0 Å². The first-order valence-corrected chi connectivity index (χ1v) is 6.32. The quantitative estimate of drug-likeness (QED) is 0.805. The molecular formula is C12H7F3INO3. The lowest BCUT2D eigenvalue weighted by atomic mass is 10.3. The van der Waals surface area contributed by atoms with E-state index >= 15 is 0 Å². The minimum Gasteiger partial charge on any atom is -0.477 e. The maximum absolute atomic E-state index is 12.4. The molecule has 1 N–H and O–H groups in total. The third-order valence-electron chi connectivity index (χ3n) is 2.36. The molecule has 0 aliphatic heterocycles. The van der Waals surface area contributed by atoms with E-state index in [1.54, 1.807) is 0 Å². The molecule has 1 heterocycles. The highest BCUT2D eigenvalue weighted by Crippen LogP contribution is 2.30. The number of carbonyl (C=O) groups is 1. The topological polar surface area (TPSA) is 51.5 Å². The standard InChI is InChI=1S/C12H7F3INO3/c13-12(14,15)20-10-4-2-1-3-8(10)17-6-7(16)5-9(17)11(18)19/h1-6H,(H,18,19). The monoisotopic (exact) mass is 397 g/mol. The summed E-state index contributed by atoms with van der Waals surface area (Å²) in [7, 11) is 0. The van der Waals surface area contributed by atoms with E-state index in [0.717, 1.165) is 10.6 Å². The number of hydrogen-bond acceptors (Lipinski definition) is 2.